The van der Waals surface area contributed by atoms with E-state index in [1.165, 1.54) is 43.4 Å². The zero-order valence-corrected chi connectivity index (χ0v) is 22.5. The molecule has 0 radical (unpaired) electrons. The fourth-order valence-electron chi connectivity index (χ4n) is 7.18. The molecule has 0 unspecified atom stereocenters. The van der Waals surface area contributed by atoms with Gasteiger partial charge in [-0.3, -0.25) is 9.97 Å². The maximum Gasteiger partial charge on any atom is 0.0809 e. The van der Waals surface area contributed by atoms with Crippen LogP contribution in [0.15, 0.2) is 134 Å². The van der Waals surface area contributed by atoms with Crippen LogP contribution >= 0.6 is 0 Å². The molecule has 0 bridgehead atoms. The minimum atomic E-state index is 1.01. The predicted molar refractivity (Wildman–Crippen MR) is 173 cm³/mol. The second-order valence-electron chi connectivity index (χ2n) is 11.1. The number of benzene rings is 5. The Balaban J connectivity index is 1.24. The standard InChI is InChI=1S/C38H22N4/c1-4-13-32-26(9-1)27-10-2-5-14-33(27)41(32)24-16-17-35-30(20-24)28-11-3-6-15-34(28)42(35)25-21-31-37(40-22-25)29-12-7-8-23-18-19-39-38(31)36(23)29/h1-22H. The fraction of sp³-hybridized carbons (Fsp3) is 0. The molecule has 10 rings (SSSR count). The quantitative estimate of drug-likeness (QED) is 0.221. The normalized spacial score (nSPS) is 12.3. The summed E-state index contributed by atoms with van der Waals surface area (Å²) in [5.74, 6) is 0. The molecule has 4 heterocycles. The van der Waals surface area contributed by atoms with Crippen LogP contribution in [-0.4, -0.2) is 19.1 Å². The van der Waals surface area contributed by atoms with Crippen molar-refractivity contribution in [1.29, 1.82) is 0 Å². The van der Waals surface area contributed by atoms with Gasteiger partial charge < -0.3 is 9.13 Å². The molecular formula is C38H22N4. The molecule has 4 aromatic heterocycles. The van der Waals surface area contributed by atoms with Crippen molar-refractivity contribution in [3.05, 3.63) is 134 Å². The van der Waals surface area contributed by atoms with E-state index in [0.29, 0.717) is 0 Å². The molecule has 4 heteroatoms. The van der Waals surface area contributed by atoms with E-state index in [0.717, 1.165) is 44.9 Å². The number of hydrogen-bond donors (Lipinski definition) is 0. The van der Waals surface area contributed by atoms with E-state index in [2.05, 4.69) is 130 Å². The minimum absolute atomic E-state index is 1.01. The number of para-hydroxylation sites is 3. The summed E-state index contributed by atoms with van der Waals surface area (Å²) in [6, 6.07) is 43.6. The first-order valence-corrected chi connectivity index (χ1v) is 14.3. The van der Waals surface area contributed by atoms with E-state index in [-0.39, 0.29) is 0 Å². The first kappa shape index (κ1) is 22.0. The number of fused-ring (bicyclic) bond motifs is 9. The molecule has 1 aliphatic rings. The van der Waals surface area contributed by atoms with Crippen molar-refractivity contribution in [1.82, 2.24) is 19.1 Å². The van der Waals surface area contributed by atoms with Crippen LogP contribution in [0.1, 0.15) is 0 Å². The van der Waals surface area contributed by atoms with Crippen molar-refractivity contribution in [2.45, 2.75) is 0 Å². The highest BCUT2D eigenvalue weighted by molar-refractivity contribution is 6.14. The van der Waals surface area contributed by atoms with Crippen LogP contribution in [0.4, 0.5) is 0 Å². The van der Waals surface area contributed by atoms with Gasteiger partial charge in [-0.15, -0.1) is 0 Å². The molecule has 4 nitrogen and oxygen atoms in total. The Morgan fingerprint density at radius 2 is 1.07 bits per heavy atom. The Kier molecular flexibility index (Phi) is 4.15. The molecule has 9 aromatic rings. The van der Waals surface area contributed by atoms with Crippen molar-refractivity contribution in [3.8, 4) is 33.9 Å². The Morgan fingerprint density at radius 1 is 0.429 bits per heavy atom. The molecule has 0 N–H and O–H groups in total. The Morgan fingerprint density at radius 3 is 1.81 bits per heavy atom. The third kappa shape index (κ3) is 2.76. The van der Waals surface area contributed by atoms with E-state index < -0.39 is 0 Å². The average molecular weight is 535 g/mol. The zero-order chi connectivity index (χ0) is 27.4. The lowest BCUT2D eigenvalue weighted by Gasteiger charge is -2.11. The van der Waals surface area contributed by atoms with Crippen LogP contribution in [0.2, 0.25) is 0 Å². The van der Waals surface area contributed by atoms with Gasteiger partial charge in [0.25, 0.3) is 0 Å². The minimum Gasteiger partial charge on any atom is -0.309 e. The van der Waals surface area contributed by atoms with Gasteiger partial charge in [0.1, 0.15) is 0 Å². The summed E-state index contributed by atoms with van der Waals surface area (Å²) in [5.41, 5.74) is 11.2. The first-order chi connectivity index (χ1) is 20.8. The molecule has 0 aliphatic heterocycles. The molecule has 42 heavy (non-hydrogen) atoms. The number of nitrogens with zero attached hydrogens (tertiary/aromatic N) is 4. The van der Waals surface area contributed by atoms with Crippen LogP contribution in [0.5, 0.6) is 0 Å². The van der Waals surface area contributed by atoms with Gasteiger partial charge in [-0.2, -0.15) is 0 Å². The molecule has 5 aromatic carbocycles. The number of pyridine rings is 2. The third-order valence-electron chi connectivity index (χ3n) is 8.93. The number of hydrogen-bond acceptors (Lipinski definition) is 2. The summed E-state index contributed by atoms with van der Waals surface area (Å²) < 4.78 is 4.73. The molecule has 0 amide bonds. The van der Waals surface area contributed by atoms with Gasteiger partial charge in [-0.1, -0.05) is 72.8 Å². The monoisotopic (exact) mass is 534 g/mol. The molecule has 1 aliphatic carbocycles. The van der Waals surface area contributed by atoms with E-state index in [1.807, 2.05) is 12.4 Å². The summed E-state index contributed by atoms with van der Waals surface area (Å²) in [6.45, 7) is 0. The zero-order valence-electron chi connectivity index (χ0n) is 22.5. The largest absolute Gasteiger partial charge is 0.309 e. The maximum atomic E-state index is 5.03. The van der Waals surface area contributed by atoms with Gasteiger partial charge in [0.05, 0.1) is 45.3 Å². The van der Waals surface area contributed by atoms with Crippen LogP contribution < -0.4 is 0 Å². The highest BCUT2D eigenvalue weighted by Gasteiger charge is 2.25. The van der Waals surface area contributed by atoms with Crippen LogP contribution in [0.3, 0.4) is 0 Å². The molecule has 0 saturated heterocycles. The summed E-state index contributed by atoms with van der Waals surface area (Å²) in [5, 5.41) is 7.37. The van der Waals surface area contributed by atoms with Crippen molar-refractivity contribution in [3.63, 3.8) is 0 Å². The molecule has 0 atom stereocenters. The third-order valence-corrected chi connectivity index (χ3v) is 8.93. The van der Waals surface area contributed by atoms with Gasteiger partial charge in [-0.05, 0) is 53.9 Å². The summed E-state index contributed by atoms with van der Waals surface area (Å²) in [7, 11) is 0. The van der Waals surface area contributed by atoms with Crippen molar-refractivity contribution in [2.24, 2.45) is 0 Å². The Hall–Kier alpha value is -5.74. The van der Waals surface area contributed by atoms with Crippen molar-refractivity contribution in [2.75, 3.05) is 0 Å². The Labute approximate surface area is 240 Å². The fourth-order valence-corrected chi connectivity index (χ4v) is 7.18. The van der Waals surface area contributed by atoms with Crippen molar-refractivity contribution >= 4 is 54.4 Å². The van der Waals surface area contributed by atoms with Gasteiger partial charge in [-0.25, -0.2) is 0 Å². The maximum absolute atomic E-state index is 5.03. The van der Waals surface area contributed by atoms with E-state index >= 15 is 0 Å². The van der Waals surface area contributed by atoms with Gasteiger partial charge in [0, 0.05) is 49.9 Å². The van der Waals surface area contributed by atoms with Gasteiger partial charge >= 0.3 is 0 Å². The smallest absolute Gasteiger partial charge is 0.0809 e. The Bertz CT molecular complexity index is 2530. The van der Waals surface area contributed by atoms with E-state index in [1.54, 1.807) is 0 Å². The SMILES string of the molecule is c1cc2c3c(nccc3c1)-c1cc(-n3c4ccccc4c4cc(-n5c6ccccc6c6ccccc65)ccc43)cnc1-2. The lowest BCUT2D eigenvalue weighted by Crippen LogP contribution is -1.97. The first-order valence-electron chi connectivity index (χ1n) is 14.3. The topological polar surface area (TPSA) is 35.6 Å². The summed E-state index contributed by atoms with van der Waals surface area (Å²) >= 11 is 0. The lowest BCUT2D eigenvalue weighted by molar-refractivity contribution is 1.14. The second-order valence-corrected chi connectivity index (χ2v) is 11.1. The second kappa shape index (κ2) is 7.93. The van der Waals surface area contributed by atoms with Crippen molar-refractivity contribution < 1.29 is 0 Å². The van der Waals surface area contributed by atoms with E-state index in [9.17, 15) is 0 Å². The van der Waals surface area contributed by atoms with Crippen LogP contribution in [-0.2, 0) is 0 Å². The molecule has 194 valence electrons. The number of aromatic nitrogens is 4. The van der Waals surface area contributed by atoms with Crippen LogP contribution in [0, 0.1) is 0 Å². The highest BCUT2D eigenvalue weighted by atomic mass is 15.0. The van der Waals surface area contributed by atoms with Gasteiger partial charge in [0.2, 0.25) is 0 Å². The molecule has 0 spiro atoms. The molecule has 0 saturated carbocycles. The summed E-state index contributed by atoms with van der Waals surface area (Å²) in [6.07, 6.45) is 3.91. The molecular weight excluding hydrogens is 512 g/mol. The summed E-state index contributed by atoms with van der Waals surface area (Å²) in [4.78, 5) is 9.83. The number of rotatable bonds is 2. The highest BCUT2D eigenvalue weighted by Crippen LogP contribution is 2.46. The van der Waals surface area contributed by atoms with Gasteiger partial charge in [0.15, 0.2) is 0 Å². The lowest BCUT2D eigenvalue weighted by atomic mass is 10.1. The van der Waals surface area contributed by atoms with Crippen LogP contribution in [0.25, 0.3) is 88.3 Å². The predicted octanol–water partition coefficient (Wildman–Crippen LogP) is 9.47. The average Bonchev–Trinajstić information content (AvgIpc) is 3.68. The van der Waals surface area contributed by atoms with E-state index in [4.69, 9.17) is 9.97 Å². The molecule has 0 fully saturated rings.